The van der Waals surface area contributed by atoms with Gasteiger partial charge in [-0.2, -0.15) is 5.10 Å². The average Bonchev–Trinajstić information content (AvgIpc) is 2.83. The zero-order chi connectivity index (χ0) is 11.2. The van der Waals surface area contributed by atoms with Crippen LogP contribution in [-0.4, -0.2) is 40.2 Å². The molecule has 1 aliphatic rings. The normalized spacial score (nSPS) is 20.6. The minimum atomic E-state index is -0.0107. The highest BCUT2D eigenvalue weighted by molar-refractivity contribution is 5.81. The number of H-pyrrole nitrogens is 1. The molecule has 1 aliphatic heterocycles. The molecular formula is C10H17N5O. The van der Waals surface area contributed by atoms with Crippen LogP contribution in [0.4, 0.5) is 0 Å². The van der Waals surface area contributed by atoms with E-state index in [1.165, 1.54) is 12.7 Å². The first kappa shape index (κ1) is 11.1. The van der Waals surface area contributed by atoms with Crippen LogP contribution in [-0.2, 0) is 11.2 Å². The summed E-state index contributed by atoms with van der Waals surface area (Å²) in [5.74, 6) is 0.899. The van der Waals surface area contributed by atoms with E-state index >= 15 is 0 Å². The van der Waals surface area contributed by atoms with E-state index in [4.69, 9.17) is 0 Å². The number of carbonyl (C=O) groups excluding carboxylic acids is 1. The molecule has 0 bridgehead atoms. The van der Waals surface area contributed by atoms with Gasteiger partial charge in [0, 0.05) is 13.0 Å². The van der Waals surface area contributed by atoms with E-state index in [1.54, 1.807) is 0 Å². The number of nitrogens with zero attached hydrogens (tertiary/aromatic N) is 2. The van der Waals surface area contributed by atoms with Crippen molar-refractivity contribution in [2.75, 3.05) is 13.1 Å². The number of carbonyl (C=O) groups is 1. The predicted octanol–water partition coefficient (Wildman–Crippen LogP) is -0.395. The summed E-state index contributed by atoms with van der Waals surface area (Å²) in [4.78, 5) is 15.7. The summed E-state index contributed by atoms with van der Waals surface area (Å²) in [5.41, 5.74) is 0. The van der Waals surface area contributed by atoms with Crippen molar-refractivity contribution in [2.45, 2.75) is 31.7 Å². The number of nitrogens with one attached hydrogen (secondary N) is 3. The molecule has 2 rings (SSSR count). The van der Waals surface area contributed by atoms with Gasteiger partial charge >= 0.3 is 0 Å². The summed E-state index contributed by atoms with van der Waals surface area (Å²) < 4.78 is 0. The molecule has 3 N–H and O–H groups in total. The zero-order valence-electron chi connectivity index (χ0n) is 9.20. The molecule has 1 aromatic heterocycles. The first-order valence-corrected chi connectivity index (χ1v) is 5.71. The third-order valence-electron chi connectivity index (χ3n) is 2.75. The quantitative estimate of drug-likeness (QED) is 0.649. The summed E-state index contributed by atoms with van der Waals surface area (Å²) in [7, 11) is 0. The van der Waals surface area contributed by atoms with Gasteiger partial charge in [0.2, 0.25) is 5.91 Å². The van der Waals surface area contributed by atoms with Gasteiger partial charge in [0.05, 0.1) is 6.04 Å². The molecule has 1 unspecified atom stereocenters. The molecule has 2 heterocycles. The Labute approximate surface area is 94.2 Å². The molecule has 16 heavy (non-hydrogen) atoms. The second kappa shape index (κ2) is 5.60. The molecule has 6 nitrogen and oxygen atoms in total. The van der Waals surface area contributed by atoms with Crippen LogP contribution in [0.5, 0.6) is 0 Å². The van der Waals surface area contributed by atoms with Crippen molar-refractivity contribution < 1.29 is 4.79 Å². The maximum atomic E-state index is 11.7. The van der Waals surface area contributed by atoms with Gasteiger partial charge in [-0.05, 0) is 19.4 Å². The monoisotopic (exact) mass is 223 g/mol. The molecule has 1 aromatic rings. The van der Waals surface area contributed by atoms with Gasteiger partial charge in [-0.25, -0.2) is 4.98 Å². The predicted molar refractivity (Wildman–Crippen MR) is 58.7 cm³/mol. The molecule has 1 atom stereocenters. The Morgan fingerprint density at radius 2 is 2.50 bits per heavy atom. The molecule has 1 saturated heterocycles. The van der Waals surface area contributed by atoms with Crippen LogP contribution >= 0.6 is 0 Å². The summed E-state index contributed by atoms with van der Waals surface area (Å²) >= 11 is 0. The summed E-state index contributed by atoms with van der Waals surface area (Å²) in [6.45, 7) is 1.55. The number of aromatic nitrogens is 3. The van der Waals surface area contributed by atoms with E-state index < -0.39 is 0 Å². The van der Waals surface area contributed by atoms with Crippen LogP contribution in [0.25, 0.3) is 0 Å². The minimum absolute atomic E-state index is 0.0107. The molecule has 0 spiro atoms. The van der Waals surface area contributed by atoms with E-state index in [1.807, 2.05) is 0 Å². The Morgan fingerprint density at radius 1 is 1.56 bits per heavy atom. The number of hydrogen-bond acceptors (Lipinski definition) is 4. The Kier molecular flexibility index (Phi) is 3.87. The maximum absolute atomic E-state index is 11.7. The first-order chi connectivity index (χ1) is 7.86. The van der Waals surface area contributed by atoms with Crippen molar-refractivity contribution in [1.82, 2.24) is 25.8 Å². The minimum Gasteiger partial charge on any atom is -0.354 e. The molecule has 1 fully saturated rings. The number of aromatic amines is 1. The smallest absolute Gasteiger partial charge is 0.237 e. The van der Waals surface area contributed by atoms with E-state index in [0.717, 1.165) is 25.2 Å². The summed E-state index contributed by atoms with van der Waals surface area (Å²) in [6, 6.07) is -0.0107. The lowest BCUT2D eigenvalue weighted by atomic mass is 10.0. The van der Waals surface area contributed by atoms with E-state index in [2.05, 4.69) is 25.8 Å². The van der Waals surface area contributed by atoms with Gasteiger partial charge in [-0.3, -0.25) is 9.89 Å². The average molecular weight is 223 g/mol. The van der Waals surface area contributed by atoms with Gasteiger partial charge in [-0.15, -0.1) is 0 Å². The lowest BCUT2D eigenvalue weighted by Crippen LogP contribution is -2.47. The van der Waals surface area contributed by atoms with Crippen molar-refractivity contribution in [1.29, 1.82) is 0 Å². The lowest BCUT2D eigenvalue weighted by Gasteiger charge is -2.22. The van der Waals surface area contributed by atoms with Crippen molar-refractivity contribution in [3.8, 4) is 0 Å². The van der Waals surface area contributed by atoms with Crippen molar-refractivity contribution >= 4 is 5.91 Å². The highest BCUT2D eigenvalue weighted by atomic mass is 16.2. The van der Waals surface area contributed by atoms with Gasteiger partial charge in [0.25, 0.3) is 0 Å². The SMILES string of the molecule is O=C(NCCc1ncn[nH]1)C1CCCCN1. The van der Waals surface area contributed by atoms with Crippen LogP contribution in [0, 0.1) is 0 Å². The Balaban J connectivity index is 1.67. The fourth-order valence-electron chi connectivity index (χ4n) is 1.85. The zero-order valence-corrected chi connectivity index (χ0v) is 9.20. The van der Waals surface area contributed by atoms with Crippen LogP contribution in [0.15, 0.2) is 6.33 Å². The van der Waals surface area contributed by atoms with Gasteiger partial charge in [0.1, 0.15) is 12.2 Å². The van der Waals surface area contributed by atoms with Crippen molar-refractivity contribution in [3.63, 3.8) is 0 Å². The molecule has 0 saturated carbocycles. The molecule has 6 heteroatoms. The molecule has 0 aromatic carbocycles. The van der Waals surface area contributed by atoms with E-state index in [9.17, 15) is 4.79 Å². The standard InChI is InChI=1S/C10H17N5O/c16-10(8-3-1-2-5-11-8)12-6-4-9-13-7-14-15-9/h7-8,11H,1-6H2,(H,12,16)(H,13,14,15). The number of amides is 1. The van der Waals surface area contributed by atoms with Crippen LogP contribution in [0.3, 0.4) is 0 Å². The summed E-state index contributed by atoms with van der Waals surface area (Å²) in [5, 5.41) is 12.6. The van der Waals surface area contributed by atoms with E-state index in [0.29, 0.717) is 13.0 Å². The van der Waals surface area contributed by atoms with Gasteiger partial charge in [-0.1, -0.05) is 6.42 Å². The molecule has 1 amide bonds. The van der Waals surface area contributed by atoms with Gasteiger partial charge in [0.15, 0.2) is 0 Å². The molecule has 88 valence electrons. The Morgan fingerprint density at radius 3 is 3.19 bits per heavy atom. The molecule has 0 aliphatic carbocycles. The second-order valence-electron chi connectivity index (χ2n) is 3.98. The summed E-state index contributed by atoms with van der Waals surface area (Å²) in [6.07, 6.45) is 5.40. The van der Waals surface area contributed by atoms with Crippen molar-refractivity contribution in [2.24, 2.45) is 0 Å². The third kappa shape index (κ3) is 3.03. The Bertz CT molecular complexity index is 318. The van der Waals surface area contributed by atoms with Crippen molar-refractivity contribution in [3.05, 3.63) is 12.2 Å². The fourth-order valence-corrected chi connectivity index (χ4v) is 1.85. The van der Waals surface area contributed by atoms with Crippen LogP contribution in [0.1, 0.15) is 25.1 Å². The number of hydrogen-bond donors (Lipinski definition) is 3. The third-order valence-corrected chi connectivity index (χ3v) is 2.75. The van der Waals surface area contributed by atoms with Crippen LogP contribution in [0.2, 0.25) is 0 Å². The Hall–Kier alpha value is -1.43. The number of piperidine rings is 1. The highest BCUT2D eigenvalue weighted by Crippen LogP contribution is 2.06. The van der Waals surface area contributed by atoms with E-state index in [-0.39, 0.29) is 11.9 Å². The van der Waals surface area contributed by atoms with Gasteiger partial charge < -0.3 is 10.6 Å². The molecule has 0 radical (unpaired) electrons. The maximum Gasteiger partial charge on any atom is 0.237 e. The lowest BCUT2D eigenvalue weighted by molar-refractivity contribution is -0.123. The number of rotatable bonds is 4. The van der Waals surface area contributed by atoms with Crippen LogP contribution < -0.4 is 10.6 Å². The first-order valence-electron chi connectivity index (χ1n) is 5.71. The largest absolute Gasteiger partial charge is 0.354 e. The topological polar surface area (TPSA) is 82.7 Å². The second-order valence-corrected chi connectivity index (χ2v) is 3.98. The fraction of sp³-hybridized carbons (Fsp3) is 0.700. The molecular weight excluding hydrogens is 206 g/mol. The highest BCUT2D eigenvalue weighted by Gasteiger charge is 2.19.